The second-order valence-corrected chi connectivity index (χ2v) is 8.06. The van der Waals surface area contributed by atoms with E-state index < -0.39 is 0 Å². The van der Waals surface area contributed by atoms with Crippen molar-refractivity contribution in [2.45, 2.75) is 13.0 Å². The van der Waals surface area contributed by atoms with Crippen LogP contribution in [0, 0.1) is 0 Å². The zero-order valence-electron chi connectivity index (χ0n) is 9.71. The number of hydrogen-bond donors (Lipinski definition) is 1. The SMILES string of the molecule is CCNC(c1ccc(Br)s1)c1cc(Br)ccc1Br. The lowest BCUT2D eigenvalue weighted by atomic mass is 10.1. The summed E-state index contributed by atoms with van der Waals surface area (Å²) in [5.41, 5.74) is 1.25. The maximum Gasteiger partial charge on any atom is 0.0702 e. The Balaban J connectivity index is 2.44. The Morgan fingerprint density at radius 2 is 1.94 bits per heavy atom. The van der Waals surface area contributed by atoms with Crippen LogP contribution >= 0.6 is 59.1 Å². The van der Waals surface area contributed by atoms with Gasteiger partial charge in [-0.25, -0.2) is 0 Å². The maximum atomic E-state index is 3.64. The topological polar surface area (TPSA) is 12.0 Å². The van der Waals surface area contributed by atoms with Crippen molar-refractivity contribution in [1.29, 1.82) is 0 Å². The van der Waals surface area contributed by atoms with Crippen molar-refractivity contribution in [2.24, 2.45) is 0 Å². The molecular formula is C13H12Br3NS. The minimum Gasteiger partial charge on any atom is -0.306 e. The molecule has 0 saturated carbocycles. The van der Waals surface area contributed by atoms with Crippen LogP contribution < -0.4 is 5.32 Å². The minimum absolute atomic E-state index is 0.221. The first-order valence-electron chi connectivity index (χ1n) is 5.55. The van der Waals surface area contributed by atoms with Crippen molar-refractivity contribution in [3.05, 3.63) is 53.5 Å². The molecule has 1 N–H and O–H groups in total. The van der Waals surface area contributed by atoms with Crippen LogP contribution in [0.5, 0.6) is 0 Å². The van der Waals surface area contributed by atoms with Crippen molar-refractivity contribution in [1.82, 2.24) is 5.32 Å². The molecule has 96 valence electrons. The molecule has 1 aromatic heterocycles. The first kappa shape index (κ1) is 14.7. The van der Waals surface area contributed by atoms with Gasteiger partial charge in [-0.1, -0.05) is 38.8 Å². The Morgan fingerprint density at radius 1 is 1.17 bits per heavy atom. The Kier molecular flexibility index (Phi) is 5.45. The molecule has 18 heavy (non-hydrogen) atoms. The van der Waals surface area contributed by atoms with Crippen LogP contribution in [0.1, 0.15) is 23.4 Å². The summed E-state index contributed by atoms with van der Waals surface area (Å²) >= 11 is 12.5. The molecule has 1 unspecified atom stereocenters. The lowest BCUT2D eigenvalue weighted by Gasteiger charge is -2.18. The third kappa shape index (κ3) is 3.45. The van der Waals surface area contributed by atoms with Crippen LogP contribution in [0.4, 0.5) is 0 Å². The van der Waals surface area contributed by atoms with E-state index in [1.165, 1.54) is 10.4 Å². The molecule has 0 spiro atoms. The standard InChI is InChI=1S/C13H12Br3NS/c1-2-17-13(11-5-6-12(16)18-11)9-7-8(14)3-4-10(9)15/h3-7,13,17H,2H2,1H3. The smallest absolute Gasteiger partial charge is 0.0702 e. The van der Waals surface area contributed by atoms with Crippen LogP contribution in [0.2, 0.25) is 0 Å². The summed E-state index contributed by atoms with van der Waals surface area (Å²) in [6.45, 7) is 3.06. The van der Waals surface area contributed by atoms with Crippen molar-refractivity contribution >= 4 is 59.1 Å². The monoisotopic (exact) mass is 451 g/mol. The Labute approximate surface area is 136 Å². The van der Waals surface area contributed by atoms with Crippen molar-refractivity contribution in [3.8, 4) is 0 Å². The number of hydrogen-bond acceptors (Lipinski definition) is 2. The molecule has 2 aromatic rings. The molecule has 0 aliphatic carbocycles. The third-order valence-corrected chi connectivity index (χ3v) is 5.46. The molecule has 0 bridgehead atoms. The second-order valence-electron chi connectivity index (χ2n) is 3.80. The van der Waals surface area contributed by atoms with E-state index in [-0.39, 0.29) is 6.04 Å². The van der Waals surface area contributed by atoms with E-state index >= 15 is 0 Å². The van der Waals surface area contributed by atoms with Gasteiger partial charge >= 0.3 is 0 Å². The number of benzene rings is 1. The van der Waals surface area contributed by atoms with Gasteiger partial charge in [0.15, 0.2) is 0 Å². The molecular weight excluding hydrogens is 442 g/mol. The molecule has 0 radical (unpaired) electrons. The van der Waals surface area contributed by atoms with Gasteiger partial charge < -0.3 is 5.32 Å². The van der Waals surface area contributed by atoms with Crippen molar-refractivity contribution in [2.75, 3.05) is 6.54 Å². The molecule has 1 atom stereocenters. The van der Waals surface area contributed by atoms with Gasteiger partial charge in [-0.2, -0.15) is 0 Å². The summed E-state index contributed by atoms with van der Waals surface area (Å²) in [4.78, 5) is 1.31. The summed E-state index contributed by atoms with van der Waals surface area (Å²) in [5, 5.41) is 3.54. The minimum atomic E-state index is 0.221. The number of halogens is 3. The van der Waals surface area contributed by atoms with Gasteiger partial charge in [0.2, 0.25) is 0 Å². The molecule has 1 nitrogen and oxygen atoms in total. The molecule has 0 aliphatic rings. The fourth-order valence-electron chi connectivity index (χ4n) is 1.79. The summed E-state index contributed by atoms with van der Waals surface area (Å²) in [7, 11) is 0. The van der Waals surface area contributed by atoms with E-state index in [1.807, 2.05) is 6.07 Å². The summed E-state index contributed by atoms with van der Waals surface area (Å²) in [6.07, 6.45) is 0. The summed E-state index contributed by atoms with van der Waals surface area (Å²) in [6, 6.07) is 10.8. The van der Waals surface area contributed by atoms with Gasteiger partial charge in [-0.05, 0) is 58.4 Å². The van der Waals surface area contributed by atoms with Gasteiger partial charge in [0.1, 0.15) is 0 Å². The van der Waals surface area contributed by atoms with Crippen LogP contribution in [0.15, 0.2) is 43.1 Å². The van der Waals surface area contributed by atoms with E-state index in [0.717, 1.165) is 19.3 Å². The summed E-state index contributed by atoms with van der Waals surface area (Å²) < 4.78 is 3.38. The van der Waals surface area contributed by atoms with Gasteiger partial charge in [0, 0.05) is 13.8 Å². The van der Waals surface area contributed by atoms with Gasteiger partial charge in [-0.15, -0.1) is 11.3 Å². The normalized spacial score (nSPS) is 12.7. The quantitative estimate of drug-likeness (QED) is 0.622. The van der Waals surface area contributed by atoms with E-state index in [0.29, 0.717) is 0 Å². The highest BCUT2D eigenvalue weighted by molar-refractivity contribution is 9.11. The molecule has 2 rings (SSSR count). The zero-order chi connectivity index (χ0) is 13.1. The van der Waals surface area contributed by atoms with Crippen LogP contribution in [0.3, 0.4) is 0 Å². The average Bonchev–Trinajstić information content (AvgIpc) is 2.76. The van der Waals surface area contributed by atoms with Crippen molar-refractivity contribution in [3.63, 3.8) is 0 Å². The van der Waals surface area contributed by atoms with E-state index in [1.54, 1.807) is 11.3 Å². The highest BCUT2D eigenvalue weighted by Crippen LogP contribution is 2.35. The number of rotatable bonds is 4. The molecule has 0 amide bonds. The largest absolute Gasteiger partial charge is 0.306 e. The predicted octanol–water partition coefficient (Wildman–Crippen LogP) is 5.73. The zero-order valence-corrected chi connectivity index (χ0v) is 15.3. The van der Waals surface area contributed by atoms with Crippen LogP contribution in [-0.4, -0.2) is 6.54 Å². The Morgan fingerprint density at radius 3 is 2.56 bits per heavy atom. The molecule has 0 fully saturated rings. The molecule has 1 heterocycles. The van der Waals surface area contributed by atoms with Crippen LogP contribution in [-0.2, 0) is 0 Å². The van der Waals surface area contributed by atoms with Gasteiger partial charge in [0.05, 0.1) is 9.83 Å². The lowest BCUT2D eigenvalue weighted by molar-refractivity contribution is 0.637. The van der Waals surface area contributed by atoms with Gasteiger partial charge in [0.25, 0.3) is 0 Å². The first-order chi connectivity index (χ1) is 8.61. The molecule has 5 heteroatoms. The lowest BCUT2D eigenvalue weighted by Crippen LogP contribution is -2.21. The fourth-order valence-corrected chi connectivity index (χ4v) is 4.16. The molecule has 0 saturated heterocycles. The molecule has 0 aliphatic heterocycles. The van der Waals surface area contributed by atoms with E-state index in [2.05, 4.69) is 84.3 Å². The number of nitrogens with one attached hydrogen (secondary N) is 1. The van der Waals surface area contributed by atoms with E-state index in [4.69, 9.17) is 0 Å². The Hall–Kier alpha value is 0.320. The average molecular weight is 454 g/mol. The maximum absolute atomic E-state index is 3.64. The Bertz CT molecular complexity index is 539. The molecule has 1 aromatic carbocycles. The predicted molar refractivity (Wildman–Crippen MR) is 89.4 cm³/mol. The second kappa shape index (κ2) is 6.66. The van der Waals surface area contributed by atoms with Crippen LogP contribution in [0.25, 0.3) is 0 Å². The van der Waals surface area contributed by atoms with Crippen molar-refractivity contribution < 1.29 is 0 Å². The fraction of sp³-hybridized carbons (Fsp3) is 0.231. The van der Waals surface area contributed by atoms with Gasteiger partial charge in [-0.3, -0.25) is 0 Å². The highest BCUT2D eigenvalue weighted by atomic mass is 79.9. The third-order valence-electron chi connectivity index (χ3n) is 2.56. The number of thiophene rings is 1. The summed E-state index contributed by atoms with van der Waals surface area (Å²) in [5.74, 6) is 0. The highest BCUT2D eigenvalue weighted by Gasteiger charge is 2.17. The van der Waals surface area contributed by atoms with E-state index in [9.17, 15) is 0 Å². The first-order valence-corrected chi connectivity index (χ1v) is 8.75.